The molecule has 1 heterocycles. The molecule has 2 rings (SSSR count). The van der Waals surface area contributed by atoms with Gasteiger partial charge in [-0.2, -0.15) is 0 Å². The van der Waals surface area contributed by atoms with Crippen molar-refractivity contribution in [3.05, 3.63) is 29.3 Å². The second kappa shape index (κ2) is 6.24. The van der Waals surface area contributed by atoms with Crippen LogP contribution in [0.4, 0.5) is 5.69 Å². The lowest BCUT2D eigenvalue weighted by Gasteiger charge is -2.30. The van der Waals surface area contributed by atoms with E-state index < -0.39 is 0 Å². The van der Waals surface area contributed by atoms with E-state index in [9.17, 15) is 4.79 Å². The predicted octanol–water partition coefficient (Wildman–Crippen LogP) is 3.55. The third-order valence-electron chi connectivity index (χ3n) is 3.41. The number of benzene rings is 1. The molecular formula is C15H20ClNO. The maximum absolute atomic E-state index is 12.1. The third kappa shape index (κ3) is 2.86. The number of nitrogens with zero attached hydrogens (tertiary/aromatic N) is 1. The Morgan fingerprint density at radius 3 is 3.00 bits per heavy atom. The summed E-state index contributed by atoms with van der Waals surface area (Å²) in [5.41, 5.74) is 3.68. The average Bonchev–Trinajstić information content (AvgIpc) is 2.38. The fourth-order valence-electron chi connectivity index (χ4n) is 2.52. The van der Waals surface area contributed by atoms with E-state index in [0.717, 1.165) is 37.9 Å². The molecule has 1 aromatic carbocycles. The molecule has 1 aliphatic rings. The van der Waals surface area contributed by atoms with Crippen molar-refractivity contribution in [1.82, 2.24) is 0 Å². The van der Waals surface area contributed by atoms with Crippen LogP contribution in [0.5, 0.6) is 0 Å². The Balaban J connectivity index is 2.24. The molecule has 0 N–H and O–H groups in total. The van der Waals surface area contributed by atoms with Crippen LogP contribution in [0.1, 0.15) is 37.3 Å². The standard InChI is InChI=1S/C15H20ClNO/c1-2-4-15(18)17-10-3-5-13-11-12(8-9-16)6-7-14(13)17/h6-7,11H,2-5,8-10H2,1H3. The fraction of sp³-hybridized carbons (Fsp3) is 0.533. The van der Waals surface area contributed by atoms with E-state index in [4.69, 9.17) is 11.6 Å². The van der Waals surface area contributed by atoms with E-state index in [-0.39, 0.29) is 5.91 Å². The molecule has 0 aromatic heterocycles. The summed E-state index contributed by atoms with van der Waals surface area (Å²) >= 11 is 5.78. The maximum Gasteiger partial charge on any atom is 0.226 e. The summed E-state index contributed by atoms with van der Waals surface area (Å²) in [5, 5.41) is 0. The Kier molecular flexibility index (Phi) is 4.65. The summed E-state index contributed by atoms with van der Waals surface area (Å²) in [5.74, 6) is 0.903. The number of hydrogen-bond acceptors (Lipinski definition) is 1. The lowest BCUT2D eigenvalue weighted by molar-refractivity contribution is -0.118. The van der Waals surface area contributed by atoms with E-state index in [0.29, 0.717) is 12.3 Å². The molecule has 3 heteroatoms. The summed E-state index contributed by atoms with van der Waals surface area (Å²) in [6, 6.07) is 6.39. The summed E-state index contributed by atoms with van der Waals surface area (Å²) < 4.78 is 0. The first-order chi connectivity index (χ1) is 8.76. The van der Waals surface area contributed by atoms with Crippen molar-refractivity contribution in [3.8, 4) is 0 Å². The number of halogens is 1. The molecular weight excluding hydrogens is 246 g/mol. The molecule has 0 bridgehead atoms. The second-order valence-electron chi connectivity index (χ2n) is 4.80. The van der Waals surface area contributed by atoms with Gasteiger partial charge in [0.1, 0.15) is 0 Å². The van der Waals surface area contributed by atoms with Gasteiger partial charge in [0, 0.05) is 24.5 Å². The first-order valence-electron chi connectivity index (χ1n) is 6.74. The lowest BCUT2D eigenvalue weighted by Crippen LogP contribution is -2.35. The number of aryl methyl sites for hydroxylation is 2. The molecule has 2 nitrogen and oxygen atoms in total. The summed E-state index contributed by atoms with van der Waals surface area (Å²) in [6.07, 6.45) is 4.59. The lowest BCUT2D eigenvalue weighted by atomic mass is 9.98. The minimum Gasteiger partial charge on any atom is -0.312 e. The van der Waals surface area contributed by atoms with Gasteiger partial charge < -0.3 is 4.90 Å². The van der Waals surface area contributed by atoms with Gasteiger partial charge in [-0.05, 0) is 42.9 Å². The molecule has 0 spiro atoms. The van der Waals surface area contributed by atoms with Crippen LogP contribution in [-0.4, -0.2) is 18.3 Å². The first kappa shape index (κ1) is 13.4. The molecule has 0 radical (unpaired) electrons. The SMILES string of the molecule is CCCC(=O)N1CCCc2cc(CCCl)ccc21. The van der Waals surface area contributed by atoms with Gasteiger partial charge in [-0.3, -0.25) is 4.79 Å². The van der Waals surface area contributed by atoms with Crippen molar-refractivity contribution in [1.29, 1.82) is 0 Å². The van der Waals surface area contributed by atoms with Crippen molar-refractivity contribution in [2.24, 2.45) is 0 Å². The number of rotatable bonds is 4. The number of carbonyl (C=O) groups excluding carboxylic acids is 1. The largest absolute Gasteiger partial charge is 0.312 e. The molecule has 1 amide bonds. The van der Waals surface area contributed by atoms with Crippen molar-refractivity contribution in [2.45, 2.75) is 39.0 Å². The van der Waals surface area contributed by atoms with E-state index in [1.54, 1.807) is 0 Å². The number of anilines is 1. The number of fused-ring (bicyclic) bond motifs is 1. The number of hydrogen-bond donors (Lipinski definition) is 0. The van der Waals surface area contributed by atoms with Crippen LogP contribution in [0, 0.1) is 0 Å². The van der Waals surface area contributed by atoms with Gasteiger partial charge in [0.2, 0.25) is 5.91 Å². The van der Waals surface area contributed by atoms with Crippen LogP contribution in [0.3, 0.4) is 0 Å². The van der Waals surface area contributed by atoms with Gasteiger partial charge in [-0.25, -0.2) is 0 Å². The molecule has 0 fully saturated rings. The van der Waals surface area contributed by atoms with E-state index >= 15 is 0 Å². The molecule has 0 saturated carbocycles. The van der Waals surface area contributed by atoms with Crippen molar-refractivity contribution < 1.29 is 4.79 Å². The van der Waals surface area contributed by atoms with Crippen LogP contribution >= 0.6 is 11.6 Å². The highest BCUT2D eigenvalue weighted by Gasteiger charge is 2.21. The summed E-state index contributed by atoms with van der Waals surface area (Å²) in [4.78, 5) is 14.0. The molecule has 18 heavy (non-hydrogen) atoms. The normalized spacial score (nSPS) is 14.4. The van der Waals surface area contributed by atoms with Gasteiger partial charge in [-0.1, -0.05) is 19.1 Å². The van der Waals surface area contributed by atoms with E-state index in [1.165, 1.54) is 11.1 Å². The molecule has 0 aliphatic carbocycles. The molecule has 1 aromatic rings. The predicted molar refractivity (Wildman–Crippen MR) is 76.4 cm³/mol. The van der Waals surface area contributed by atoms with Gasteiger partial charge in [0.25, 0.3) is 0 Å². The van der Waals surface area contributed by atoms with Crippen LogP contribution in [0.25, 0.3) is 0 Å². The highest BCUT2D eigenvalue weighted by molar-refractivity contribution is 6.18. The van der Waals surface area contributed by atoms with Crippen molar-refractivity contribution >= 4 is 23.2 Å². The van der Waals surface area contributed by atoms with Gasteiger partial charge in [0.05, 0.1) is 0 Å². The first-order valence-corrected chi connectivity index (χ1v) is 7.28. The highest BCUT2D eigenvalue weighted by Crippen LogP contribution is 2.29. The Morgan fingerprint density at radius 2 is 2.28 bits per heavy atom. The zero-order valence-corrected chi connectivity index (χ0v) is 11.7. The highest BCUT2D eigenvalue weighted by atomic mass is 35.5. The Morgan fingerprint density at radius 1 is 1.44 bits per heavy atom. The van der Waals surface area contributed by atoms with Crippen LogP contribution in [-0.2, 0) is 17.6 Å². The maximum atomic E-state index is 12.1. The van der Waals surface area contributed by atoms with Crippen LogP contribution in [0.2, 0.25) is 0 Å². The minimum atomic E-state index is 0.253. The average molecular weight is 266 g/mol. The molecule has 98 valence electrons. The molecule has 1 aliphatic heterocycles. The van der Waals surface area contributed by atoms with Crippen LogP contribution < -0.4 is 4.90 Å². The summed E-state index contributed by atoms with van der Waals surface area (Å²) in [7, 11) is 0. The van der Waals surface area contributed by atoms with E-state index in [1.807, 2.05) is 11.8 Å². The zero-order chi connectivity index (χ0) is 13.0. The van der Waals surface area contributed by atoms with E-state index in [2.05, 4.69) is 18.2 Å². The Bertz CT molecular complexity index is 431. The third-order valence-corrected chi connectivity index (χ3v) is 3.60. The molecule has 0 unspecified atom stereocenters. The zero-order valence-electron chi connectivity index (χ0n) is 10.9. The van der Waals surface area contributed by atoms with Crippen molar-refractivity contribution in [3.63, 3.8) is 0 Å². The monoisotopic (exact) mass is 265 g/mol. The minimum absolute atomic E-state index is 0.253. The van der Waals surface area contributed by atoms with Gasteiger partial charge in [-0.15, -0.1) is 11.6 Å². The topological polar surface area (TPSA) is 20.3 Å². The fourth-order valence-corrected chi connectivity index (χ4v) is 2.74. The Labute approximate surface area is 114 Å². The van der Waals surface area contributed by atoms with Crippen molar-refractivity contribution in [2.75, 3.05) is 17.3 Å². The van der Waals surface area contributed by atoms with Gasteiger partial charge in [0.15, 0.2) is 0 Å². The van der Waals surface area contributed by atoms with Crippen LogP contribution in [0.15, 0.2) is 18.2 Å². The number of amides is 1. The molecule has 0 saturated heterocycles. The molecule has 0 atom stereocenters. The second-order valence-corrected chi connectivity index (χ2v) is 5.18. The summed E-state index contributed by atoms with van der Waals surface area (Å²) in [6.45, 7) is 2.91. The quantitative estimate of drug-likeness (QED) is 0.763. The van der Waals surface area contributed by atoms with Gasteiger partial charge >= 0.3 is 0 Å². The number of alkyl halides is 1. The Hall–Kier alpha value is -1.02. The smallest absolute Gasteiger partial charge is 0.226 e. The number of carbonyl (C=O) groups is 1.